The Morgan fingerprint density at radius 2 is 2.12 bits per heavy atom. The Morgan fingerprint density at radius 3 is 2.76 bits per heavy atom. The monoisotopic (exact) mass is 235 g/mol. The molecule has 3 unspecified atom stereocenters. The van der Waals surface area contributed by atoms with Crippen LogP contribution in [0.25, 0.3) is 0 Å². The minimum atomic E-state index is 0.616. The first kappa shape index (κ1) is 12.6. The van der Waals surface area contributed by atoms with E-state index >= 15 is 0 Å². The van der Waals surface area contributed by atoms with Crippen LogP contribution < -0.4 is 5.32 Å². The maximum atomic E-state index is 4.69. The molecule has 2 rings (SSSR count). The number of hydrogen-bond donors (Lipinski definition) is 1. The fourth-order valence-corrected chi connectivity index (χ4v) is 2.83. The van der Waals surface area contributed by atoms with Crippen LogP contribution in [0.5, 0.6) is 0 Å². The smallest absolute Gasteiger partial charge is 0.0638 e. The summed E-state index contributed by atoms with van der Waals surface area (Å²) in [5.74, 6) is 1.70. The summed E-state index contributed by atoms with van der Waals surface area (Å²) >= 11 is 0. The zero-order valence-corrected chi connectivity index (χ0v) is 11.5. The van der Waals surface area contributed by atoms with E-state index in [4.69, 9.17) is 0 Å². The van der Waals surface area contributed by atoms with Gasteiger partial charge in [-0.25, -0.2) is 0 Å². The number of nitrogens with one attached hydrogen (secondary N) is 1. The molecule has 3 heteroatoms. The van der Waals surface area contributed by atoms with E-state index in [1.807, 2.05) is 7.05 Å². The number of rotatable bonds is 3. The third kappa shape index (κ3) is 2.71. The van der Waals surface area contributed by atoms with Gasteiger partial charge in [0.05, 0.1) is 11.7 Å². The van der Waals surface area contributed by atoms with Gasteiger partial charge in [-0.1, -0.05) is 13.8 Å². The van der Waals surface area contributed by atoms with Crippen LogP contribution in [0.1, 0.15) is 50.4 Å². The van der Waals surface area contributed by atoms with Gasteiger partial charge in [0.2, 0.25) is 0 Å². The van der Waals surface area contributed by atoms with E-state index in [0.717, 1.165) is 18.4 Å². The number of nitrogens with zero attached hydrogens (tertiary/aromatic N) is 2. The van der Waals surface area contributed by atoms with Gasteiger partial charge in [-0.2, -0.15) is 5.10 Å². The van der Waals surface area contributed by atoms with Gasteiger partial charge in [0.25, 0.3) is 0 Å². The van der Waals surface area contributed by atoms with Crippen LogP contribution >= 0.6 is 0 Å². The molecule has 0 amide bonds. The summed E-state index contributed by atoms with van der Waals surface area (Å²) < 4.78 is 2.21. The summed E-state index contributed by atoms with van der Waals surface area (Å²) in [7, 11) is 1.99. The van der Waals surface area contributed by atoms with Crippen LogP contribution in [-0.2, 0) is 6.54 Å². The molecule has 1 N–H and O–H groups in total. The summed E-state index contributed by atoms with van der Waals surface area (Å²) in [6.45, 7) is 7.78. The molecule has 1 aromatic heterocycles. The van der Waals surface area contributed by atoms with E-state index in [1.165, 1.54) is 30.5 Å². The molecule has 0 aliphatic heterocycles. The van der Waals surface area contributed by atoms with Crippen LogP contribution in [0.4, 0.5) is 0 Å². The standard InChI is InChI=1S/C14H25N3/c1-10-5-6-14(7-11(10)2)17-9-13(8-15-4)12(3)16-17/h9-11,14-15H,5-8H2,1-4H3. The summed E-state index contributed by atoms with van der Waals surface area (Å²) in [5.41, 5.74) is 2.50. The zero-order valence-electron chi connectivity index (χ0n) is 11.5. The second-order valence-electron chi connectivity index (χ2n) is 5.67. The van der Waals surface area contributed by atoms with Crippen molar-refractivity contribution in [3.63, 3.8) is 0 Å². The number of aromatic nitrogens is 2. The van der Waals surface area contributed by atoms with Crippen molar-refractivity contribution >= 4 is 0 Å². The van der Waals surface area contributed by atoms with Gasteiger partial charge in [0.1, 0.15) is 0 Å². The van der Waals surface area contributed by atoms with Crippen molar-refractivity contribution in [2.75, 3.05) is 7.05 Å². The van der Waals surface area contributed by atoms with Gasteiger partial charge in [0.15, 0.2) is 0 Å². The molecule has 96 valence electrons. The van der Waals surface area contributed by atoms with Gasteiger partial charge in [-0.15, -0.1) is 0 Å². The first-order chi connectivity index (χ1) is 8.11. The molecule has 0 saturated heterocycles. The van der Waals surface area contributed by atoms with Crippen molar-refractivity contribution in [2.45, 2.75) is 52.6 Å². The SMILES string of the molecule is CNCc1cn(C2CCC(C)C(C)C2)nc1C. The molecule has 0 aromatic carbocycles. The lowest BCUT2D eigenvalue weighted by Gasteiger charge is -2.32. The molecule has 1 aliphatic carbocycles. The summed E-state index contributed by atoms with van der Waals surface area (Å²) in [6, 6.07) is 0.616. The Kier molecular flexibility index (Phi) is 3.87. The largest absolute Gasteiger partial charge is 0.316 e. The molecule has 1 fully saturated rings. The summed E-state index contributed by atoms with van der Waals surface area (Å²) in [6.07, 6.45) is 6.14. The lowest BCUT2D eigenvalue weighted by Crippen LogP contribution is -2.23. The van der Waals surface area contributed by atoms with Crippen LogP contribution in [0.3, 0.4) is 0 Å². The van der Waals surface area contributed by atoms with E-state index in [2.05, 4.69) is 42.1 Å². The lowest BCUT2D eigenvalue weighted by molar-refractivity contribution is 0.200. The van der Waals surface area contributed by atoms with Crippen LogP contribution in [0, 0.1) is 18.8 Å². The predicted molar refractivity (Wildman–Crippen MR) is 70.9 cm³/mol. The summed E-state index contributed by atoms with van der Waals surface area (Å²) in [4.78, 5) is 0. The number of aryl methyl sites for hydroxylation is 1. The Balaban J connectivity index is 2.09. The first-order valence-electron chi connectivity index (χ1n) is 6.81. The molecule has 1 aromatic rings. The topological polar surface area (TPSA) is 29.9 Å². The van der Waals surface area contributed by atoms with Crippen molar-refractivity contribution < 1.29 is 0 Å². The molecule has 1 saturated carbocycles. The highest BCUT2D eigenvalue weighted by Crippen LogP contribution is 2.36. The predicted octanol–water partition coefficient (Wildman–Crippen LogP) is 2.91. The highest BCUT2D eigenvalue weighted by atomic mass is 15.3. The van der Waals surface area contributed by atoms with E-state index in [1.54, 1.807) is 0 Å². The molecular formula is C14H25N3. The van der Waals surface area contributed by atoms with Crippen LogP contribution in [-0.4, -0.2) is 16.8 Å². The Hall–Kier alpha value is -0.830. The summed E-state index contributed by atoms with van der Waals surface area (Å²) in [5, 5.41) is 7.89. The molecule has 0 spiro atoms. The Morgan fingerprint density at radius 1 is 1.35 bits per heavy atom. The van der Waals surface area contributed by atoms with Gasteiger partial charge in [-0.05, 0) is 45.1 Å². The fraction of sp³-hybridized carbons (Fsp3) is 0.786. The molecular weight excluding hydrogens is 210 g/mol. The highest BCUT2D eigenvalue weighted by Gasteiger charge is 2.26. The van der Waals surface area contributed by atoms with Crippen LogP contribution in [0.15, 0.2) is 6.20 Å². The Labute approximate surface area is 105 Å². The van der Waals surface area contributed by atoms with Gasteiger partial charge < -0.3 is 5.32 Å². The van der Waals surface area contributed by atoms with Crippen molar-refractivity contribution in [1.29, 1.82) is 0 Å². The normalized spacial score (nSPS) is 29.5. The van der Waals surface area contributed by atoms with E-state index in [-0.39, 0.29) is 0 Å². The molecule has 3 atom stereocenters. The average molecular weight is 235 g/mol. The highest BCUT2D eigenvalue weighted by molar-refractivity contribution is 5.15. The van der Waals surface area contributed by atoms with E-state index < -0.39 is 0 Å². The first-order valence-corrected chi connectivity index (χ1v) is 6.81. The quantitative estimate of drug-likeness (QED) is 0.873. The van der Waals surface area contributed by atoms with E-state index in [9.17, 15) is 0 Å². The van der Waals surface area contributed by atoms with Crippen molar-refractivity contribution in [3.8, 4) is 0 Å². The van der Waals surface area contributed by atoms with Crippen molar-refractivity contribution in [2.24, 2.45) is 11.8 Å². The maximum absolute atomic E-state index is 4.69. The second kappa shape index (κ2) is 5.21. The number of hydrogen-bond acceptors (Lipinski definition) is 2. The van der Waals surface area contributed by atoms with Crippen molar-refractivity contribution in [1.82, 2.24) is 15.1 Å². The van der Waals surface area contributed by atoms with Gasteiger partial charge in [0, 0.05) is 18.3 Å². The second-order valence-corrected chi connectivity index (χ2v) is 5.67. The van der Waals surface area contributed by atoms with Crippen LogP contribution in [0.2, 0.25) is 0 Å². The molecule has 1 heterocycles. The molecule has 1 aliphatic rings. The zero-order chi connectivity index (χ0) is 12.4. The Bertz CT molecular complexity index is 370. The molecule has 3 nitrogen and oxygen atoms in total. The lowest BCUT2D eigenvalue weighted by atomic mass is 9.79. The van der Waals surface area contributed by atoms with Gasteiger partial charge >= 0.3 is 0 Å². The molecule has 17 heavy (non-hydrogen) atoms. The average Bonchev–Trinajstić information content (AvgIpc) is 2.65. The minimum Gasteiger partial charge on any atom is -0.316 e. The van der Waals surface area contributed by atoms with E-state index in [0.29, 0.717) is 6.04 Å². The van der Waals surface area contributed by atoms with Crippen molar-refractivity contribution in [3.05, 3.63) is 17.5 Å². The fourth-order valence-electron chi connectivity index (χ4n) is 2.83. The third-order valence-corrected chi connectivity index (χ3v) is 4.33. The minimum absolute atomic E-state index is 0.616. The third-order valence-electron chi connectivity index (χ3n) is 4.33. The maximum Gasteiger partial charge on any atom is 0.0638 e. The van der Waals surface area contributed by atoms with Gasteiger partial charge in [-0.3, -0.25) is 4.68 Å². The molecule has 0 bridgehead atoms. The molecule has 0 radical (unpaired) electrons.